The smallest absolute Gasteiger partial charge is 0.380 e. The highest BCUT2D eigenvalue weighted by atomic mass is 35.5. The van der Waals surface area contributed by atoms with Crippen molar-refractivity contribution in [1.29, 1.82) is 0 Å². The first-order chi connectivity index (χ1) is 16.0. The van der Waals surface area contributed by atoms with Crippen LogP contribution in [0.15, 0.2) is 30.5 Å². The van der Waals surface area contributed by atoms with Gasteiger partial charge in [0.1, 0.15) is 0 Å². The van der Waals surface area contributed by atoms with Crippen LogP contribution < -0.4 is 16.0 Å². The summed E-state index contributed by atoms with van der Waals surface area (Å²) in [5.74, 6) is -1.55. The number of nitrogens with one attached hydrogen (secondary N) is 3. The Hall–Kier alpha value is -2.72. The molecule has 1 aliphatic carbocycles. The Balaban J connectivity index is 1.46. The second-order valence-electron chi connectivity index (χ2n) is 8.40. The Morgan fingerprint density at radius 3 is 2.50 bits per heavy atom. The summed E-state index contributed by atoms with van der Waals surface area (Å²) in [4.78, 5) is 28.6. The molecule has 7 nitrogen and oxygen atoms in total. The Kier molecular flexibility index (Phi) is 6.82. The predicted octanol–water partition coefficient (Wildman–Crippen LogP) is 3.96. The molecular formula is C22H22Cl2F3N5O2. The van der Waals surface area contributed by atoms with Gasteiger partial charge in [-0.05, 0) is 42.2 Å². The first kappa shape index (κ1) is 24.4. The van der Waals surface area contributed by atoms with E-state index in [2.05, 4.69) is 20.9 Å². The number of hydrogen-bond acceptors (Lipinski definition) is 4. The summed E-state index contributed by atoms with van der Waals surface area (Å²) in [5.41, 5.74) is 2.29. The molecule has 1 aromatic carbocycles. The van der Waals surface area contributed by atoms with Crippen LogP contribution >= 0.6 is 23.2 Å². The van der Waals surface area contributed by atoms with Crippen molar-refractivity contribution >= 4 is 40.8 Å². The Morgan fingerprint density at radius 2 is 1.88 bits per heavy atom. The van der Waals surface area contributed by atoms with Crippen LogP contribution in [-0.4, -0.2) is 54.2 Å². The number of urea groups is 1. The standard InChI is InChI=1S/C22H22Cl2F3N5O2/c1-32(20(33)12-8-29-21(34)30-9-12)19(22(25,26)27)17-5-3-13(10-28-17)31-14-6-11-2-4-16(23)18(24)15(11)7-14/h2-5,10,12,14,19,31H,6-9H2,1H3,(H2,29,30,34)/t14?,19-/m0/s1. The minimum absolute atomic E-state index is 0.00436. The van der Waals surface area contributed by atoms with Crippen molar-refractivity contribution in [3.05, 3.63) is 57.3 Å². The number of hydrogen-bond donors (Lipinski definition) is 3. The minimum Gasteiger partial charge on any atom is -0.380 e. The SMILES string of the molecule is CN(C(=O)C1CNC(=O)NC1)[C@@H](c1ccc(NC2Cc3ccc(Cl)c(Cl)c3C2)cn1)C(F)(F)F. The summed E-state index contributed by atoms with van der Waals surface area (Å²) in [6, 6.07) is 3.75. The number of fused-ring (bicyclic) bond motifs is 1. The summed E-state index contributed by atoms with van der Waals surface area (Å²) in [7, 11) is 1.09. The highest BCUT2D eigenvalue weighted by Crippen LogP contribution is 2.38. The third-order valence-corrected chi connectivity index (χ3v) is 6.90. The fourth-order valence-electron chi connectivity index (χ4n) is 4.36. The van der Waals surface area contributed by atoms with Gasteiger partial charge in [0.2, 0.25) is 5.91 Å². The fraction of sp³-hybridized carbons (Fsp3) is 0.409. The van der Waals surface area contributed by atoms with Crippen molar-refractivity contribution in [3.63, 3.8) is 0 Å². The summed E-state index contributed by atoms with van der Waals surface area (Å²) in [5, 5.41) is 9.12. The van der Waals surface area contributed by atoms with Crippen LogP contribution in [-0.2, 0) is 17.6 Å². The second kappa shape index (κ2) is 9.50. The summed E-state index contributed by atoms with van der Waals surface area (Å²) in [6.45, 7) is -0.0657. The van der Waals surface area contributed by atoms with Gasteiger partial charge in [-0.3, -0.25) is 9.78 Å². The summed E-state index contributed by atoms with van der Waals surface area (Å²) < 4.78 is 41.8. The lowest BCUT2D eigenvalue weighted by Crippen LogP contribution is -2.54. The minimum atomic E-state index is -4.74. The molecule has 4 rings (SSSR count). The van der Waals surface area contributed by atoms with E-state index in [-0.39, 0.29) is 24.8 Å². The fourth-order valence-corrected chi connectivity index (χ4v) is 4.80. The van der Waals surface area contributed by atoms with Crippen LogP contribution in [0.5, 0.6) is 0 Å². The molecule has 0 radical (unpaired) electrons. The number of halogens is 5. The van der Waals surface area contributed by atoms with Gasteiger partial charge in [-0.25, -0.2) is 4.79 Å². The van der Waals surface area contributed by atoms with E-state index in [1.807, 2.05) is 6.07 Å². The summed E-state index contributed by atoms with van der Waals surface area (Å²) in [6.07, 6.45) is -2.08. The number of anilines is 1. The van der Waals surface area contributed by atoms with Crippen molar-refractivity contribution in [2.75, 3.05) is 25.5 Å². The second-order valence-corrected chi connectivity index (χ2v) is 9.19. The monoisotopic (exact) mass is 515 g/mol. The third-order valence-electron chi connectivity index (χ3n) is 6.06. The molecule has 1 aromatic heterocycles. The zero-order chi connectivity index (χ0) is 24.6. The van der Waals surface area contributed by atoms with Gasteiger partial charge in [-0.1, -0.05) is 29.3 Å². The highest BCUT2D eigenvalue weighted by molar-refractivity contribution is 6.42. The van der Waals surface area contributed by atoms with Crippen LogP contribution in [0.3, 0.4) is 0 Å². The molecule has 1 unspecified atom stereocenters. The highest BCUT2D eigenvalue weighted by Gasteiger charge is 2.47. The normalized spacial score (nSPS) is 19.1. The van der Waals surface area contributed by atoms with Crippen LogP contribution in [0, 0.1) is 5.92 Å². The van der Waals surface area contributed by atoms with Crippen LogP contribution in [0.1, 0.15) is 22.9 Å². The molecule has 3 N–H and O–H groups in total. The van der Waals surface area contributed by atoms with E-state index in [1.165, 1.54) is 18.3 Å². The number of alkyl halides is 3. The van der Waals surface area contributed by atoms with Crippen molar-refractivity contribution in [1.82, 2.24) is 20.5 Å². The molecule has 12 heteroatoms. The molecule has 2 aliphatic rings. The van der Waals surface area contributed by atoms with E-state index in [4.69, 9.17) is 23.2 Å². The van der Waals surface area contributed by atoms with E-state index >= 15 is 0 Å². The molecule has 3 amide bonds. The van der Waals surface area contributed by atoms with Gasteiger partial charge in [0, 0.05) is 26.2 Å². The van der Waals surface area contributed by atoms with Crippen molar-refractivity contribution in [2.45, 2.75) is 31.1 Å². The van der Waals surface area contributed by atoms with E-state index < -0.39 is 30.1 Å². The lowest BCUT2D eigenvalue weighted by atomic mass is 10.0. The molecule has 2 heterocycles. The largest absolute Gasteiger partial charge is 0.414 e. The Labute approximate surface area is 204 Å². The van der Waals surface area contributed by atoms with Gasteiger partial charge in [0.15, 0.2) is 6.04 Å². The average molecular weight is 516 g/mol. The van der Waals surface area contributed by atoms with Gasteiger partial charge < -0.3 is 20.9 Å². The number of pyridine rings is 1. The first-order valence-electron chi connectivity index (χ1n) is 10.6. The third kappa shape index (κ3) is 5.02. The van der Waals surface area contributed by atoms with Crippen LogP contribution in [0.25, 0.3) is 0 Å². The molecular weight excluding hydrogens is 494 g/mol. The molecule has 1 aliphatic heterocycles. The predicted molar refractivity (Wildman–Crippen MR) is 122 cm³/mol. The number of amides is 3. The van der Waals surface area contributed by atoms with Crippen LogP contribution in [0.4, 0.5) is 23.7 Å². The first-order valence-corrected chi connectivity index (χ1v) is 11.3. The number of benzene rings is 1. The maximum absolute atomic E-state index is 13.9. The van der Waals surface area contributed by atoms with E-state index in [0.717, 1.165) is 18.2 Å². The van der Waals surface area contributed by atoms with Crippen molar-refractivity contribution < 1.29 is 22.8 Å². The molecule has 0 spiro atoms. The van der Waals surface area contributed by atoms with Gasteiger partial charge in [-0.2, -0.15) is 13.2 Å². The lowest BCUT2D eigenvalue weighted by molar-refractivity contribution is -0.191. The van der Waals surface area contributed by atoms with Gasteiger partial charge >= 0.3 is 12.2 Å². The molecule has 2 atom stereocenters. The average Bonchev–Trinajstić information content (AvgIpc) is 3.20. The molecule has 0 saturated carbocycles. The lowest BCUT2D eigenvalue weighted by Gasteiger charge is -2.33. The van der Waals surface area contributed by atoms with E-state index in [9.17, 15) is 22.8 Å². The summed E-state index contributed by atoms with van der Waals surface area (Å²) >= 11 is 12.4. The van der Waals surface area contributed by atoms with Gasteiger partial charge in [-0.15, -0.1) is 0 Å². The maximum atomic E-state index is 13.9. The molecule has 0 bridgehead atoms. The number of carbonyl (C=O) groups excluding carboxylic acids is 2. The topological polar surface area (TPSA) is 86.4 Å². The number of carbonyl (C=O) groups is 2. The zero-order valence-electron chi connectivity index (χ0n) is 18.0. The number of rotatable bonds is 5. The number of nitrogens with zero attached hydrogens (tertiary/aromatic N) is 2. The van der Waals surface area contributed by atoms with Gasteiger partial charge in [0.25, 0.3) is 0 Å². The number of aromatic nitrogens is 1. The Bertz CT molecular complexity index is 1090. The van der Waals surface area contributed by atoms with Gasteiger partial charge in [0.05, 0.1) is 33.5 Å². The maximum Gasteiger partial charge on any atom is 0.414 e. The molecule has 2 aromatic rings. The van der Waals surface area contributed by atoms with Crippen molar-refractivity contribution in [2.24, 2.45) is 5.92 Å². The molecule has 1 saturated heterocycles. The van der Waals surface area contributed by atoms with Crippen molar-refractivity contribution in [3.8, 4) is 0 Å². The molecule has 34 heavy (non-hydrogen) atoms. The quantitative estimate of drug-likeness (QED) is 0.562. The zero-order valence-corrected chi connectivity index (χ0v) is 19.6. The van der Waals surface area contributed by atoms with E-state index in [1.54, 1.807) is 6.07 Å². The molecule has 182 valence electrons. The van der Waals surface area contributed by atoms with Crippen LogP contribution in [0.2, 0.25) is 10.0 Å². The molecule has 1 fully saturated rings. The van der Waals surface area contributed by atoms with E-state index in [0.29, 0.717) is 33.5 Å². The Morgan fingerprint density at radius 1 is 1.18 bits per heavy atom.